The van der Waals surface area contributed by atoms with E-state index in [1.165, 1.54) is 11.8 Å². The van der Waals surface area contributed by atoms with Gasteiger partial charge in [-0.05, 0) is 31.0 Å². The molecule has 3 N–H and O–H groups in total. The third kappa shape index (κ3) is 4.65. The van der Waals surface area contributed by atoms with Gasteiger partial charge in [0.15, 0.2) is 0 Å². The van der Waals surface area contributed by atoms with Crippen LogP contribution in [0.5, 0.6) is 0 Å². The summed E-state index contributed by atoms with van der Waals surface area (Å²) in [5, 5.41) is 15.6. The number of nitrogens with one attached hydrogen (secondary N) is 2. The average Bonchev–Trinajstić information content (AvgIpc) is 3.01. The van der Waals surface area contributed by atoms with Gasteiger partial charge in [0.2, 0.25) is 0 Å². The number of hydrogen-bond donors (Lipinski definition) is 3. The Morgan fingerprint density at radius 2 is 1.95 bits per heavy atom. The zero-order valence-electron chi connectivity index (χ0n) is 12.0. The highest BCUT2D eigenvalue weighted by Crippen LogP contribution is 2.19. The van der Waals surface area contributed by atoms with Crippen LogP contribution in [0.4, 0.5) is 4.79 Å². The van der Waals surface area contributed by atoms with Gasteiger partial charge in [0.05, 0.1) is 12.8 Å². The SMILES string of the molecule is CC(O)(CNC(=O)NCCc1ccccc1)c1ccco1. The van der Waals surface area contributed by atoms with Gasteiger partial charge >= 0.3 is 6.03 Å². The molecular weight excluding hydrogens is 268 g/mol. The van der Waals surface area contributed by atoms with Crippen molar-refractivity contribution in [2.24, 2.45) is 0 Å². The number of hydrogen-bond acceptors (Lipinski definition) is 3. The lowest BCUT2D eigenvalue weighted by atomic mass is 10.0. The van der Waals surface area contributed by atoms with Crippen molar-refractivity contribution in [1.82, 2.24) is 10.6 Å². The Morgan fingerprint density at radius 1 is 1.19 bits per heavy atom. The highest BCUT2D eigenvalue weighted by molar-refractivity contribution is 5.73. The van der Waals surface area contributed by atoms with Crippen molar-refractivity contribution >= 4 is 6.03 Å². The van der Waals surface area contributed by atoms with E-state index in [2.05, 4.69) is 10.6 Å². The van der Waals surface area contributed by atoms with Crippen LogP contribution < -0.4 is 10.6 Å². The van der Waals surface area contributed by atoms with E-state index in [0.29, 0.717) is 12.3 Å². The van der Waals surface area contributed by atoms with Crippen molar-refractivity contribution in [3.05, 3.63) is 60.1 Å². The second-order valence-corrected chi connectivity index (χ2v) is 5.10. The van der Waals surface area contributed by atoms with Crippen LogP contribution in [0.1, 0.15) is 18.2 Å². The van der Waals surface area contributed by atoms with Crippen LogP contribution in [0.3, 0.4) is 0 Å². The van der Waals surface area contributed by atoms with Crippen LogP contribution >= 0.6 is 0 Å². The molecule has 5 heteroatoms. The van der Waals surface area contributed by atoms with E-state index in [1.54, 1.807) is 19.1 Å². The van der Waals surface area contributed by atoms with Gasteiger partial charge in [0.25, 0.3) is 0 Å². The topological polar surface area (TPSA) is 74.5 Å². The summed E-state index contributed by atoms with van der Waals surface area (Å²) in [4.78, 5) is 11.7. The van der Waals surface area contributed by atoms with Crippen LogP contribution in [0.2, 0.25) is 0 Å². The number of aliphatic hydroxyl groups is 1. The lowest BCUT2D eigenvalue weighted by Gasteiger charge is -2.21. The second kappa shape index (κ2) is 6.95. The standard InChI is InChI=1S/C16H20N2O3/c1-16(20,14-8-5-11-21-14)12-18-15(19)17-10-9-13-6-3-2-4-7-13/h2-8,11,20H,9-10,12H2,1H3,(H2,17,18,19). The summed E-state index contributed by atoms with van der Waals surface area (Å²) in [5.74, 6) is 0.423. The second-order valence-electron chi connectivity index (χ2n) is 5.10. The minimum atomic E-state index is -1.22. The Hall–Kier alpha value is -2.27. The maximum absolute atomic E-state index is 11.7. The fraction of sp³-hybridized carbons (Fsp3) is 0.312. The quantitative estimate of drug-likeness (QED) is 0.761. The first-order chi connectivity index (χ1) is 10.1. The van der Waals surface area contributed by atoms with E-state index in [-0.39, 0.29) is 12.6 Å². The van der Waals surface area contributed by atoms with Gasteiger partial charge in [-0.3, -0.25) is 0 Å². The summed E-state index contributed by atoms with van der Waals surface area (Å²) in [6, 6.07) is 13.0. The smallest absolute Gasteiger partial charge is 0.314 e. The van der Waals surface area contributed by atoms with Crippen molar-refractivity contribution in [1.29, 1.82) is 0 Å². The van der Waals surface area contributed by atoms with E-state index in [4.69, 9.17) is 4.42 Å². The maximum atomic E-state index is 11.7. The van der Waals surface area contributed by atoms with E-state index in [0.717, 1.165) is 6.42 Å². The van der Waals surface area contributed by atoms with E-state index < -0.39 is 5.60 Å². The van der Waals surface area contributed by atoms with Crippen LogP contribution in [-0.4, -0.2) is 24.2 Å². The average molecular weight is 288 g/mol. The normalized spacial score (nSPS) is 13.4. The highest BCUT2D eigenvalue weighted by Gasteiger charge is 2.26. The third-order valence-corrected chi connectivity index (χ3v) is 3.19. The lowest BCUT2D eigenvalue weighted by molar-refractivity contribution is 0.0367. The molecule has 0 radical (unpaired) electrons. The molecule has 0 bridgehead atoms. The zero-order valence-corrected chi connectivity index (χ0v) is 12.0. The molecular formula is C16H20N2O3. The highest BCUT2D eigenvalue weighted by atomic mass is 16.4. The molecule has 0 aliphatic heterocycles. The predicted octanol–water partition coefficient (Wildman–Crippen LogP) is 2.03. The van der Waals surface area contributed by atoms with Gasteiger partial charge in [-0.1, -0.05) is 30.3 Å². The molecule has 112 valence electrons. The van der Waals surface area contributed by atoms with Crippen molar-refractivity contribution in [3.8, 4) is 0 Å². The van der Waals surface area contributed by atoms with Crippen molar-refractivity contribution in [3.63, 3.8) is 0 Å². The Morgan fingerprint density at radius 3 is 2.62 bits per heavy atom. The monoisotopic (exact) mass is 288 g/mol. The third-order valence-electron chi connectivity index (χ3n) is 3.19. The van der Waals surface area contributed by atoms with Gasteiger partial charge in [-0.2, -0.15) is 0 Å². The minimum absolute atomic E-state index is 0.0810. The van der Waals surface area contributed by atoms with Crippen LogP contribution in [0.25, 0.3) is 0 Å². The van der Waals surface area contributed by atoms with Crippen molar-refractivity contribution in [2.45, 2.75) is 18.9 Å². The number of carbonyl (C=O) groups excluding carboxylic acids is 1. The number of carbonyl (C=O) groups is 1. The summed E-state index contributed by atoms with van der Waals surface area (Å²) in [7, 11) is 0. The number of furan rings is 1. The van der Waals surface area contributed by atoms with Gasteiger partial charge in [-0.15, -0.1) is 0 Å². The summed E-state index contributed by atoms with van der Waals surface area (Å²) in [5.41, 5.74) is -0.0549. The molecule has 2 rings (SSSR count). The van der Waals surface area contributed by atoms with Crippen LogP contribution in [-0.2, 0) is 12.0 Å². The molecule has 1 aromatic carbocycles. The molecule has 1 unspecified atom stereocenters. The zero-order chi connectivity index (χ0) is 15.1. The maximum Gasteiger partial charge on any atom is 0.314 e. The number of benzene rings is 1. The summed E-state index contributed by atoms with van der Waals surface area (Å²) in [6.45, 7) is 2.21. The summed E-state index contributed by atoms with van der Waals surface area (Å²) in [6.07, 6.45) is 2.26. The molecule has 0 aliphatic rings. The first-order valence-electron chi connectivity index (χ1n) is 6.90. The largest absolute Gasteiger partial charge is 0.466 e. The van der Waals surface area contributed by atoms with Crippen molar-refractivity contribution in [2.75, 3.05) is 13.1 Å². The molecule has 5 nitrogen and oxygen atoms in total. The van der Waals surface area contributed by atoms with E-state index in [1.807, 2.05) is 30.3 Å². The Bertz CT molecular complexity index is 550. The lowest BCUT2D eigenvalue weighted by Crippen LogP contribution is -2.43. The van der Waals surface area contributed by atoms with Crippen LogP contribution in [0.15, 0.2) is 53.1 Å². The van der Waals surface area contributed by atoms with Crippen LogP contribution in [0, 0.1) is 0 Å². The molecule has 1 aromatic heterocycles. The molecule has 2 aromatic rings. The molecule has 2 amide bonds. The molecule has 1 atom stereocenters. The first kappa shape index (κ1) is 15.1. The minimum Gasteiger partial charge on any atom is -0.466 e. The fourth-order valence-electron chi connectivity index (χ4n) is 1.95. The van der Waals surface area contributed by atoms with E-state index >= 15 is 0 Å². The fourth-order valence-corrected chi connectivity index (χ4v) is 1.95. The Kier molecular flexibility index (Phi) is 5.00. The van der Waals surface area contributed by atoms with Crippen molar-refractivity contribution < 1.29 is 14.3 Å². The van der Waals surface area contributed by atoms with Gasteiger partial charge in [-0.25, -0.2) is 4.79 Å². The van der Waals surface area contributed by atoms with Gasteiger partial charge in [0.1, 0.15) is 11.4 Å². The molecule has 0 saturated heterocycles. The first-order valence-corrected chi connectivity index (χ1v) is 6.90. The molecule has 0 fully saturated rings. The Balaban J connectivity index is 1.70. The number of amides is 2. The molecule has 21 heavy (non-hydrogen) atoms. The Labute approximate surface area is 124 Å². The van der Waals surface area contributed by atoms with E-state index in [9.17, 15) is 9.90 Å². The predicted molar refractivity (Wildman–Crippen MR) is 79.8 cm³/mol. The number of urea groups is 1. The molecule has 0 spiro atoms. The molecule has 0 saturated carbocycles. The van der Waals surface area contributed by atoms with Gasteiger partial charge < -0.3 is 20.2 Å². The molecule has 1 heterocycles. The van der Waals surface area contributed by atoms with Gasteiger partial charge in [0, 0.05) is 6.54 Å². The summed E-state index contributed by atoms with van der Waals surface area (Å²) >= 11 is 0. The number of rotatable bonds is 6. The summed E-state index contributed by atoms with van der Waals surface area (Å²) < 4.78 is 5.15. The molecule has 0 aliphatic carbocycles.